The molecule has 22 heavy (non-hydrogen) atoms. The number of nitrogens with zero attached hydrogens (tertiary/aromatic N) is 2. The normalized spacial score (nSPS) is 46.4. The first-order valence-corrected chi connectivity index (χ1v) is 9.90. The van der Waals surface area contributed by atoms with Gasteiger partial charge >= 0.3 is 0 Å². The Balaban J connectivity index is 1.72. The summed E-state index contributed by atoms with van der Waals surface area (Å²) in [4.78, 5) is 0. The molecule has 4 aliphatic rings. The number of aromatic nitrogens is 2. The molecule has 4 saturated carbocycles. The van der Waals surface area contributed by atoms with Crippen LogP contribution in [0.2, 0.25) is 0 Å². The van der Waals surface area contributed by atoms with Gasteiger partial charge in [0.05, 0.1) is 0 Å². The van der Waals surface area contributed by atoms with Crippen LogP contribution in [0.4, 0.5) is 0 Å². The van der Waals surface area contributed by atoms with Gasteiger partial charge in [-0.2, -0.15) is 16.9 Å². The van der Waals surface area contributed by atoms with Gasteiger partial charge in [-0.1, -0.05) is 20.8 Å². The highest BCUT2D eigenvalue weighted by atomic mass is 32.2. The van der Waals surface area contributed by atoms with E-state index in [1.54, 1.807) is 0 Å². The first-order chi connectivity index (χ1) is 10.3. The average Bonchev–Trinajstić information content (AvgIpc) is 2.69. The topological polar surface area (TPSA) is 17.8 Å². The van der Waals surface area contributed by atoms with Gasteiger partial charge in [-0.3, -0.25) is 4.68 Å². The van der Waals surface area contributed by atoms with Crippen LogP contribution in [-0.2, 0) is 6.54 Å². The maximum absolute atomic E-state index is 4.62. The van der Waals surface area contributed by atoms with Gasteiger partial charge in [-0.15, -0.1) is 0 Å². The molecule has 1 aromatic rings. The van der Waals surface area contributed by atoms with Crippen molar-refractivity contribution in [2.75, 3.05) is 5.75 Å². The number of hydrogen-bond donors (Lipinski definition) is 0. The summed E-state index contributed by atoms with van der Waals surface area (Å²) in [6.45, 7) is 10.9. The lowest BCUT2D eigenvalue weighted by atomic mass is 9.40. The highest BCUT2D eigenvalue weighted by Gasteiger charge is 2.65. The second-order valence-electron chi connectivity index (χ2n) is 9.43. The van der Waals surface area contributed by atoms with Crippen molar-refractivity contribution in [2.24, 2.45) is 16.2 Å². The molecule has 5 rings (SSSR count). The van der Waals surface area contributed by atoms with E-state index in [-0.39, 0.29) is 0 Å². The third-order valence-electron chi connectivity index (χ3n) is 6.52. The van der Waals surface area contributed by atoms with Crippen LogP contribution in [0.3, 0.4) is 0 Å². The Labute approximate surface area is 139 Å². The van der Waals surface area contributed by atoms with Crippen molar-refractivity contribution < 1.29 is 0 Å². The molecule has 4 fully saturated rings. The van der Waals surface area contributed by atoms with Gasteiger partial charge in [0.25, 0.3) is 0 Å². The quantitative estimate of drug-likeness (QED) is 0.772. The summed E-state index contributed by atoms with van der Waals surface area (Å²) in [5, 5.41) is 4.62. The molecule has 0 N–H and O–H groups in total. The minimum atomic E-state index is 0.483. The Kier molecular flexibility index (Phi) is 3.13. The molecule has 4 bridgehead atoms. The van der Waals surface area contributed by atoms with Crippen LogP contribution in [0.15, 0.2) is 12.3 Å². The van der Waals surface area contributed by atoms with Crippen LogP contribution >= 0.6 is 11.8 Å². The third kappa shape index (κ3) is 2.26. The zero-order chi connectivity index (χ0) is 15.6. The lowest BCUT2D eigenvalue weighted by Crippen LogP contribution is -2.62. The van der Waals surface area contributed by atoms with Crippen LogP contribution in [0.5, 0.6) is 0 Å². The summed E-state index contributed by atoms with van der Waals surface area (Å²) >= 11 is 2.27. The van der Waals surface area contributed by atoms with E-state index in [1.807, 2.05) is 6.20 Å². The Hall–Kier alpha value is -0.440. The van der Waals surface area contributed by atoms with E-state index in [9.17, 15) is 0 Å². The van der Waals surface area contributed by atoms with E-state index in [1.165, 1.54) is 50.0 Å². The minimum absolute atomic E-state index is 0.483. The Morgan fingerprint density at radius 3 is 2.32 bits per heavy atom. The number of hydrogen-bond acceptors (Lipinski definition) is 2. The molecular weight excluding hydrogens is 288 g/mol. The number of thioether (sulfide) groups is 1. The van der Waals surface area contributed by atoms with Crippen molar-refractivity contribution >= 4 is 11.8 Å². The molecule has 1 aromatic heterocycles. The van der Waals surface area contributed by atoms with E-state index < -0.39 is 0 Å². The molecule has 0 aromatic carbocycles. The summed E-state index contributed by atoms with van der Waals surface area (Å²) in [6.07, 6.45) is 10.6. The fraction of sp³-hybridized carbons (Fsp3) is 0.842. The second kappa shape index (κ2) is 4.55. The van der Waals surface area contributed by atoms with Crippen LogP contribution < -0.4 is 0 Å². The summed E-state index contributed by atoms with van der Waals surface area (Å²) in [5.41, 5.74) is 2.93. The largest absolute Gasteiger partial charge is 0.269 e. The molecule has 3 heteroatoms. The molecule has 0 amide bonds. The van der Waals surface area contributed by atoms with Gasteiger partial charge in [-0.25, -0.2) is 0 Å². The lowest BCUT2D eigenvalue weighted by molar-refractivity contribution is -0.139. The molecule has 0 spiro atoms. The maximum atomic E-state index is 4.62. The molecule has 2 unspecified atom stereocenters. The van der Waals surface area contributed by atoms with Crippen molar-refractivity contribution in [1.29, 1.82) is 0 Å². The fourth-order valence-corrected chi connectivity index (χ4v) is 9.26. The maximum Gasteiger partial charge on any atom is 0.0492 e. The Morgan fingerprint density at radius 2 is 1.77 bits per heavy atom. The summed E-state index contributed by atoms with van der Waals surface area (Å²) in [6, 6.07) is 2.15. The fourth-order valence-electron chi connectivity index (χ4n) is 7.34. The molecule has 122 valence electrons. The standard InChI is InChI=1S/C19H30N2S/c1-5-22-19-11-16(3)8-17(4,12-19)10-18(9-16,13-19)14-21-15(2)6-7-20-21/h6-7H,5,8-14H2,1-4H3. The van der Waals surface area contributed by atoms with Crippen LogP contribution in [-0.4, -0.2) is 20.3 Å². The van der Waals surface area contributed by atoms with Gasteiger partial charge in [0, 0.05) is 23.2 Å². The van der Waals surface area contributed by atoms with E-state index in [4.69, 9.17) is 0 Å². The van der Waals surface area contributed by atoms with Gasteiger partial charge < -0.3 is 0 Å². The zero-order valence-corrected chi connectivity index (χ0v) is 15.4. The molecule has 0 saturated heterocycles. The van der Waals surface area contributed by atoms with E-state index in [0.29, 0.717) is 21.0 Å². The summed E-state index contributed by atoms with van der Waals surface area (Å²) in [5.74, 6) is 1.27. The van der Waals surface area contributed by atoms with Crippen LogP contribution in [0.1, 0.15) is 65.0 Å². The van der Waals surface area contributed by atoms with Gasteiger partial charge in [0.2, 0.25) is 0 Å². The van der Waals surface area contributed by atoms with Gasteiger partial charge in [0.1, 0.15) is 0 Å². The molecular formula is C19H30N2S. The average molecular weight is 319 g/mol. The number of rotatable bonds is 4. The molecule has 2 nitrogen and oxygen atoms in total. The van der Waals surface area contributed by atoms with Crippen LogP contribution in [0, 0.1) is 23.2 Å². The van der Waals surface area contributed by atoms with Gasteiger partial charge in [-0.05, 0) is 73.5 Å². The first-order valence-electron chi connectivity index (χ1n) is 8.92. The van der Waals surface area contributed by atoms with Crippen molar-refractivity contribution in [2.45, 2.75) is 77.5 Å². The molecule has 0 aliphatic heterocycles. The Morgan fingerprint density at radius 1 is 1.09 bits per heavy atom. The lowest BCUT2D eigenvalue weighted by Gasteiger charge is -2.69. The molecule has 4 aliphatic carbocycles. The molecule has 2 atom stereocenters. The van der Waals surface area contributed by atoms with E-state index >= 15 is 0 Å². The monoisotopic (exact) mass is 318 g/mol. The molecule has 0 radical (unpaired) electrons. The Bertz CT molecular complexity index is 572. The van der Waals surface area contributed by atoms with Crippen LogP contribution in [0.25, 0.3) is 0 Å². The third-order valence-corrected chi connectivity index (χ3v) is 7.85. The second-order valence-corrected chi connectivity index (χ2v) is 11.2. The zero-order valence-electron chi connectivity index (χ0n) is 14.6. The number of aryl methyl sites for hydroxylation is 1. The molecule has 1 heterocycles. The SMILES string of the molecule is CCSC12CC3(C)CC(C)(CC(Cn4nccc4C)(C3)C1)C2. The first kappa shape index (κ1) is 15.1. The highest BCUT2D eigenvalue weighted by Crippen LogP contribution is 2.73. The van der Waals surface area contributed by atoms with E-state index in [2.05, 4.69) is 55.3 Å². The van der Waals surface area contributed by atoms with Gasteiger partial charge in [0.15, 0.2) is 0 Å². The van der Waals surface area contributed by atoms with E-state index in [0.717, 1.165) is 6.54 Å². The predicted octanol–water partition coefficient (Wildman–Crippen LogP) is 5.06. The van der Waals surface area contributed by atoms with Crippen molar-refractivity contribution in [1.82, 2.24) is 9.78 Å². The highest BCUT2D eigenvalue weighted by molar-refractivity contribution is 8.00. The smallest absolute Gasteiger partial charge is 0.0492 e. The summed E-state index contributed by atoms with van der Waals surface area (Å²) < 4.78 is 2.83. The minimum Gasteiger partial charge on any atom is -0.269 e. The predicted molar refractivity (Wildman–Crippen MR) is 94.2 cm³/mol. The van der Waals surface area contributed by atoms with Crippen molar-refractivity contribution in [3.8, 4) is 0 Å². The summed E-state index contributed by atoms with van der Waals surface area (Å²) in [7, 11) is 0. The van der Waals surface area contributed by atoms with Crippen molar-refractivity contribution in [3.05, 3.63) is 18.0 Å². The van der Waals surface area contributed by atoms with Crippen molar-refractivity contribution in [3.63, 3.8) is 0 Å².